The molecule has 0 spiro atoms. The lowest BCUT2D eigenvalue weighted by atomic mass is 10.1. The van der Waals surface area contributed by atoms with Gasteiger partial charge in [-0.25, -0.2) is 0 Å². The largest absolute Gasteiger partial charge is 0.383 e. The Morgan fingerprint density at radius 3 is 2.81 bits per heavy atom. The number of carbonyl (C=O) groups is 1. The highest BCUT2D eigenvalue weighted by Gasteiger charge is 2.13. The van der Waals surface area contributed by atoms with Crippen LogP contribution in [0, 0.1) is 0 Å². The smallest absolute Gasteiger partial charge is 0.239 e. The number of carbonyl (C=O) groups excluding carboxylic acids is 1. The zero-order valence-corrected chi connectivity index (χ0v) is 12.4. The molecule has 3 N–H and O–H groups in total. The fourth-order valence-electron chi connectivity index (χ4n) is 1.70. The van der Waals surface area contributed by atoms with E-state index in [1.54, 1.807) is 6.07 Å². The van der Waals surface area contributed by atoms with Crippen molar-refractivity contribution < 1.29 is 14.1 Å². The fourth-order valence-corrected chi connectivity index (χ4v) is 1.70. The molecule has 0 aliphatic carbocycles. The van der Waals surface area contributed by atoms with Crippen molar-refractivity contribution in [3.63, 3.8) is 0 Å². The lowest BCUT2D eigenvalue weighted by Crippen LogP contribution is -2.43. The molecule has 1 heterocycles. The lowest BCUT2D eigenvalue weighted by Gasteiger charge is -2.09. The van der Waals surface area contributed by atoms with Crippen molar-refractivity contribution in [2.24, 2.45) is 5.73 Å². The summed E-state index contributed by atoms with van der Waals surface area (Å²) in [6.45, 7) is 0.424. The maximum atomic E-state index is 11.6. The predicted molar refractivity (Wildman–Crippen MR) is 80.9 cm³/mol. The maximum Gasteiger partial charge on any atom is 0.239 e. The predicted octanol–water partition coefficient (Wildman–Crippen LogP) is 1.35. The van der Waals surface area contributed by atoms with Gasteiger partial charge in [-0.15, -0.1) is 12.4 Å². The Morgan fingerprint density at radius 2 is 2.14 bits per heavy atom. The highest BCUT2D eigenvalue weighted by molar-refractivity contribution is 5.85. The number of halogens is 1. The van der Waals surface area contributed by atoms with E-state index < -0.39 is 6.04 Å². The zero-order valence-electron chi connectivity index (χ0n) is 11.6. The summed E-state index contributed by atoms with van der Waals surface area (Å²) in [5, 5.41) is 6.63. The second-order valence-electron chi connectivity index (χ2n) is 4.32. The second-order valence-corrected chi connectivity index (χ2v) is 4.32. The third-order valence-corrected chi connectivity index (χ3v) is 2.75. The Bertz CT molecular complexity index is 560. The van der Waals surface area contributed by atoms with E-state index in [1.807, 2.05) is 30.3 Å². The molecule has 21 heavy (non-hydrogen) atoms. The van der Waals surface area contributed by atoms with Gasteiger partial charge in [0.05, 0.1) is 13.2 Å². The Kier molecular flexibility index (Phi) is 6.87. The van der Waals surface area contributed by atoms with E-state index in [0.717, 1.165) is 11.3 Å². The monoisotopic (exact) mass is 311 g/mol. The lowest BCUT2D eigenvalue weighted by molar-refractivity contribution is -0.123. The van der Waals surface area contributed by atoms with Crippen LogP contribution in [0.1, 0.15) is 5.76 Å². The van der Waals surface area contributed by atoms with E-state index in [2.05, 4.69) is 10.5 Å². The molecule has 0 aliphatic rings. The summed E-state index contributed by atoms with van der Waals surface area (Å²) in [4.78, 5) is 11.6. The number of amides is 1. The topological polar surface area (TPSA) is 90.4 Å². The first-order chi connectivity index (χ1) is 9.70. The highest BCUT2D eigenvalue weighted by atomic mass is 35.5. The number of aromatic nitrogens is 1. The molecule has 7 heteroatoms. The van der Waals surface area contributed by atoms with Crippen molar-refractivity contribution in [2.45, 2.75) is 12.6 Å². The van der Waals surface area contributed by atoms with E-state index in [9.17, 15) is 4.79 Å². The number of rotatable bonds is 6. The molecule has 6 nitrogen and oxygen atoms in total. The molecule has 1 amide bonds. The molecule has 2 rings (SSSR count). The van der Waals surface area contributed by atoms with E-state index in [4.69, 9.17) is 15.0 Å². The molecule has 0 aliphatic heterocycles. The minimum Gasteiger partial charge on any atom is -0.383 e. The molecule has 1 aromatic carbocycles. The van der Waals surface area contributed by atoms with Gasteiger partial charge in [0.2, 0.25) is 5.91 Å². The van der Waals surface area contributed by atoms with Gasteiger partial charge in [0.25, 0.3) is 0 Å². The number of methoxy groups -OCH3 is 1. The van der Waals surface area contributed by atoms with E-state index in [0.29, 0.717) is 5.76 Å². The number of nitrogens with zero attached hydrogens (tertiary/aromatic N) is 1. The van der Waals surface area contributed by atoms with Gasteiger partial charge in [0.1, 0.15) is 11.7 Å². The highest BCUT2D eigenvalue weighted by Crippen LogP contribution is 2.18. The Morgan fingerprint density at radius 1 is 1.43 bits per heavy atom. The van der Waals surface area contributed by atoms with E-state index in [-0.39, 0.29) is 31.5 Å². The Labute approximate surface area is 129 Å². The number of nitrogens with two attached hydrogens (primary N) is 1. The molecule has 1 unspecified atom stereocenters. The van der Waals surface area contributed by atoms with Gasteiger partial charge >= 0.3 is 0 Å². The van der Waals surface area contributed by atoms with Gasteiger partial charge in [-0.05, 0) is 0 Å². The maximum absolute atomic E-state index is 11.6. The Balaban J connectivity index is 0.00000220. The van der Waals surface area contributed by atoms with Crippen LogP contribution in [0.5, 0.6) is 0 Å². The summed E-state index contributed by atoms with van der Waals surface area (Å²) < 4.78 is 9.99. The number of hydrogen-bond donors (Lipinski definition) is 2. The molecule has 1 atom stereocenters. The first kappa shape index (κ1) is 17.2. The van der Waals surface area contributed by atoms with Crippen LogP contribution in [-0.2, 0) is 16.1 Å². The minimum atomic E-state index is -0.684. The normalized spacial score (nSPS) is 11.5. The third kappa shape index (κ3) is 4.86. The molecule has 0 fully saturated rings. The van der Waals surface area contributed by atoms with Crippen molar-refractivity contribution >= 4 is 18.3 Å². The van der Waals surface area contributed by atoms with Gasteiger partial charge in [0.15, 0.2) is 5.76 Å². The summed E-state index contributed by atoms with van der Waals surface area (Å²) in [6.07, 6.45) is 0. The van der Waals surface area contributed by atoms with E-state index >= 15 is 0 Å². The summed E-state index contributed by atoms with van der Waals surface area (Å²) in [5.74, 6) is 0.284. The van der Waals surface area contributed by atoms with Crippen LogP contribution < -0.4 is 11.1 Å². The van der Waals surface area contributed by atoms with Crippen molar-refractivity contribution in [2.75, 3.05) is 13.7 Å². The number of nitrogens with one attached hydrogen (secondary N) is 1. The van der Waals surface area contributed by atoms with Crippen LogP contribution in [0.3, 0.4) is 0 Å². The zero-order chi connectivity index (χ0) is 14.4. The summed E-state index contributed by atoms with van der Waals surface area (Å²) in [5.41, 5.74) is 7.30. The van der Waals surface area contributed by atoms with Gasteiger partial charge < -0.3 is 20.3 Å². The van der Waals surface area contributed by atoms with Crippen LogP contribution in [0.4, 0.5) is 0 Å². The average Bonchev–Trinajstić information content (AvgIpc) is 2.95. The number of ether oxygens (including phenoxy) is 1. The number of benzene rings is 1. The first-order valence-electron chi connectivity index (χ1n) is 6.24. The van der Waals surface area contributed by atoms with Crippen molar-refractivity contribution in [3.8, 4) is 11.3 Å². The molecular formula is C14H18ClN3O3. The quantitative estimate of drug-likeness (QED) is 0.840. The molecule has 0 radical (unpaired) electrons. The summed E-state index contributed by atoms with van der Waals surface area (Å²) in [6, 6.07) is 10.8. The standard InChI is InChI=1S/C14H17N3O3.ClH/c1-19-9-12(15)14(18)16-8-11-7-13(17-20-11)10-5-3-2-4-6-10;/h2-7,12H,8-9,15H2,1H3,(H,16,18);1H. The molecule has 2 aromatic rings. The second kappa shape index (κ2) is 8.41. The summed E-state index contributed by atoms with van der Waals surface area (Å²) >= 11 is 0. The molecule has 1 aromatic heterocycles. The molecule has 114 valence electrons. The molecule has 0 saturated heterocycles. The number of hydrogen-bond acceptors (Lipinski definition) is 5. The van der Waals surface area contributed by atoms with E-state index in [1.165, 1.54) is 7.11 Å². The molecule has 0 bridgehead atoms. The van der Waals surface area contributed by atoms with Gasteiger partial charge in [-0.1, -0.05) is 35.5 Å². The third-order valence-electron chi connectivity index (χ3n) is 2.75. The van der Waals surface area contributed by atoms with Crippen LogP contribution in [0.25, 0.3) is 11.3 Å². The van der Waals surface area contributed by atoms with Crippen LogP contribution in [-0.4, -0.2) is 30.8 Å². The van der Waals surface area contributed by atoms with Crippen molar-refractivity contribution in [1.82, 2.24) is 10.5 Å². The first-order valence-corrected chi connectivity index (χ1v) is 6.24. The Hall–Kier alpha value is -1.89. The SMILES string of the molecule is COCC(N)C(=O)NCc1cc(-c2ccccc2)no1.Cl. The fraction of sp³-hybridized carbons (Fsp3) is 0.286. The van der Waals surface area contributed by atoms with Crippen LogP contribution >= 0.6 is 12.4 Å². The minimum absolute atomic E-state index is 0. The molecular weight excluding hydrogens is 294 g/mol. The summed E-state index contributed by atoms with van der Waals surface area (Å²) in [7, 11) is 1.50. The van der Waals surface area contributed by atoms with Crippen LogP contribution in [0.15, 0.2) is 40.9 Å². The van der Waals surface area contributed by atoms with Gasteiger partial charge in [0, 0.05) is 18.7 Å². The van der Waals surface area contributed by atoms with Crippen LogP contribution in [0.2, 0.25) is 0 Å². The average molecular weight is 312 g/mol. The van der Waals surface area contributed by atoms with Gasteiger partial charge in [-0.3, -0.25) is 4.79 Å². The molecule has 0 saturated carbocycles. The van der Waals surface area contributed by atoms with Gasteiger partial charge in [-0.2, -0.15) is 0 Å². The van der Waals surface area contributed by atoms with Crippen molar-refractivity contribution in [3.05, 3.63) is 42.2 Å². The van der Waals surface area contributed by atoms with Crippen molar-refractivity contribution in [1.29, 1.82) is 0 Å².